The minimum absolute atomic E-state index is 0.00227. The highest BCUT2D eigenvalue weighted by molar-refractivity contribution is 7.80. The first kappa shape index (κ1) is 13.0. The number of hydrogen-bond donors (Lipinski definition) is 0. The van der Waals surface area contributed by atoms with Crippen LogP contribution in [0.5, 0.6) is 0 Å². The van der Waals surface area contributed by atoms with Crippen LogP contribution in [0.15, 0.2) is 36.8 Å². The average molecular weight is 295 g/mol. The molecule has 0 bridgehead atoms. The Bertz CT molecular complexity index is 685. The summed E-state index contributed by atoms with van der Waals surface area (Å²) in [6.45, 7) is 0. The highest BCUT2D eigenvalue weighted by atomic mass is 32.1. The minimum atomic E-state index is -4.57. The van der Waals surface area contributed by atoms with Gasteiger partial charge < -0.3 is 0 Å². The predicted octanol–water partition coefficient (Wildman–Crippen LogP) is 3.35. The van der Waals surface area contributed by atoms with Gasteiger partial charge in [-0.1, -0.05) is 30.4 Å². The van der Waals surface area contributed by atoms with Crippen molar-refractivity contribution in [2.75, 3.05) is 4.90 Å². The molecule has 1 aromatic carbocycles. The monoisotopic (exact) mass is 295 g/mol. The van der Waals surface area contributed by atoms with Gasteiger partial charge in [-0.15, -0.1) is 13.2 Å². The molecule has 1 aliphatic rings. The Morgan fingerprint density at radius 3 is 2.70 bits per heavy atom. The molecule has 7 heteroatoms. The Hall–Kier alpha value is -2.02. The number of alkyl halides is 3. The Balaban J connectivity index is 2.30. The van der Waals surface area contributed by atoms with Crippen molar-refractivity contribution in [2.45, 2.75) is 12.7 Å². The quantitative estimate of drug-likeness (QED) is 0.550. The molecule has 2 heterocycles. The van der Waals surface area contributed by atoms with Crippen molar-refractivity contribution < 1.29 is 13.2 Å². The van der Waals surface area contributed by atoms with Gasteiger partial charge in [0.15, 0.2) is 0 Å². The van der Waals surface area contributed by atoms with Gasteiger partial charge in [-0.25, -0.2) is 14.9 Å². The van der Waals surface area contributed by atoms with Crippen LogP contribution in [0.4, 0.5) is 18.9 Å². The molecule has 3 rings (SSSR count). The first-order valence-electron chi connectivity index (χ1n) is 5.76. The molecule has 0 saturated carbocycles. The zero-order chi connectivity index (χ0) is 14.3. The van der Waals surface area contributed by atoms with E-state index in [-0.39, 0.29) is 22.0 Å². The molecule has 0 aliphatic carbocycles. The van der Waals surface area contributed by atoms with Crippen LogP contribution in [-0.4, -0.2) is 21.3 Å². The van der Waals surface area contributed by atoms with Gasteiger partial charge in [0.2, 0.25) is 0 Å². The molecule has 0 radical (unpaired) electrons. The van der Waals surface area contributed by atoms with Gasteiger partial charge >= 0.3 is 6.30 Å². The van der Waals surface area contributed by atoms with Crippen LogP contribution in [0, 0.1) is 0 Å². The second kappa shape index (κ2) is 4.52. The molecular formula is C13H8F3N3S. The maximum Gasteiger partial charge on any atom is 0.489 e. The molecule has 3 nitrogen and oxygen atoms in total. The fourth-order valence-corrected chi connectivity index (χ4v) is 2.61. The van der Waals surface area contributed by atoms with Crippen molar-refractivity contribution in [2.24, 2.45) is 0 Å². The van der Waals surface area contributed by atoms with Crippen molar-refractivity contribution >= 4 is 22.9 Å². The van der Waals surface area contributed by atoms with E-state index in [2.05, 4.69) is 9.97 Å². The summed E-state index contributed by atoms with van der Waals surface area (Å²) in [6, 6.07) is 6.22. The lowest BCUT2D eigenvalue weighted by Crippen LogP contribution is -2.42. The number of aromatic nitrogens is 2. The molecule has 0 N–H and O–H groups in total. The topological polar surface area (TPSA) is 29.0 Å². The zero-order valence-electron chi connectivity index (χ0n) is 10.1. The molecule has 0 atom stereocenters. The number of hydrogen-bond acceptors (Lipinski definition) is 3. The molecule has 102 valence electrons. The third-order valence-electron chi connectivity index (χ3n) is 3.03. The number of nitrogens with zero attached hydrogens (tertiary/aromatic N) is 3. The number of fused-ring (bicyclic) bond motifs is 3. The number of para-hydroxylation sites is 1. The van der Waals surface area contributed by atoms with Crippen LogP contribution in [-0.2, 0) is 6.42 Å². The molecule has 1 aromatic heterocycles. The van der Waals surface area contributed by atoms with Gasteiger partial charge in [0.25, 0.3) is 0 Å². The first-order valence-corrected chi connectivity index (χ1v) is 6.17. The number of rotatable bonds is 0. The summed E-state index contributed by atoms with van der Waals surface area (Å²) >= 11 is 4.96. The summed E-state index contributed by atoms with van der Waals surface area (Å²) in [5.41, 5.74) is 1.49. The number of thiocarbonyl (C=S) groups is 1. The second-order valence-electron chi connectivity index (χ2n) is 4.29. The Morgan fingerprint density at radius 2 is 1.95 bits per heavy atom. The molecule has 2 aromatic rings. The van der Waals surface area contributed by atoms with E-state index in [1.54, 1.807) is 18.2 Å². The lowest BCUT2D eigenvalue weighted by Gasteiger charge is -2.27. The van der Waals surface area contributed by atoms with E-state index in [1.807, 2.05) is 0 Å². The van der Waals surface area contributed by atoms with Crippen LogP contribution < -0.4 is 4.90 Å². The maximum atomic E-state index is 13.3. The van der Waals surface area contributed by atoms with E-state index in [0.717, 1.165) is 0 Å². The van der Waals surface area contributed by atoms with Gasteiger partial charge in [0.1, 0.15) is 6.33 Å². The van der Waals surface area contributed by atoms with Crippen molar-refractivity contribution in [3.63, 3.8) is 0 Å². The van der Waals surface area contributed by atoms with Crippen molar-refractivity contribution in [3.05, 3.63) is 42.4 Å². The number of benzene rings is 1. The average Bonchev–Trinajstić information content (AvgIpc) is 2.51. The summed E-state index contributed by atoms with van der Waals surface area (Å²) in [6.07, 6.45) is -1.75. The fourth-order valence-electron chi connectivity index (χ4n) is 2.25. The predicted molar refractivity (Wildman–Crippen MR) is 72.3 cm³/mol. The molecule has 0 saturated heterocycles. The van der Waals surface area contributed by atoms with Crippen molar-refractivity contribution in [3.8, 4) is 11.3 Å². The normalized spacial score (nSPS) is 14.6. The van der Waals surface area contributed by atoms with E-state index < -0.39 is 6.30 Å². The van der Waals surface area contributed by atoms with Crippen LogP contribution in [0.2, 0.25) is 0 Å². The van der Waals surface area contributed by atoms with E-state index >= 15 is 0 Å². The molecule has 0 fully saturated rings. The summed E-state index contributed by atoms with van der Waals surface area (Å²) in [4.78, 5) is 8.00. The maximum absolute atomic E-state index is 13.3. The highest BCUT2D eigenvalue weighted by Gasteiger charge is 2.42. The molecule has 0 spiro atoms. The largest absolute Gasteiger partial charge is 0.489 e. The second-order valence-corrected chi connectivity index (χ2v) is 4.76. The zero-order valence-corrected chi connectivity index (χ0v) is 10.9. The first-order chi connectivity index (χ1) is 9.48. The van der Waals surface area contributed by atoms with E-state index in [9.17, 15) is 13.2 Å². The van der Waals surface area contributed by atoms with E-state index in [4.69, 9.17) is 12.2 Å². The van der Waals surface area contributed by atoms with Gasteiger partial charge in [-0.05, 0) is 6.07 Å². The van der Waals surface area contributed by atoms with Gasteiger partial charge in [0, 0.05) is 23.7 Å². The molecule has 0 amide bonds. The third kappa shape index (κ3) is 2.03. The van der Waals surface area contributed by atoms with Crippen LogP contribution in [0.1, 0.15) is 5.56 Å². The third-order valence-corrected chi connectivity index (χ3v) is 3.36. The van der Waals surface area contributed by atoms with Gasteiger partial charge in [-0.3, -0.25) is 0 Å². The lowest BCUT2D eigenvalue weighted by molar-refractivity contribution is -0.118. The fraction of sp³-hybridized carbons (Fsp3) is 0.154. The van der Waals surface area contributed by atoms with Crippen LogP contribution in [0.3, 0.4) is 0 Å². The summed E-state index contributed by atoms with van der Waals surface area (Å²) in [7, 11) is 0. The van der Waals surface area contributed by atoms with Gasteiger partial charge in [0.05, 0.1) is 16.4 Å². The van der Waals surface area contributed by atoms with Gasteiger partial charge in [-0.2, -0.15) is 0 Å². The molecular weight excluding hydrogens is 287 g/mol. The highest BCUT2D eigenvalue weighted by Crippen LogP contribution is 2.40. The summed E-state index contributed by atoms with van der Waals surface area (Å²) in [5.74, 6) is 0. The standard InChI is InChI=1S/C13H8F3N3S/c14-13(15,16)19-10-4-2-1-3-9(10)12-8(5-11(19)20)6-17-7-18-12/h1-4,6-7H,5H2. The Kier molecular flexibility index (Phi) is 2.93. The van der Waals surface area contributed by atoms with Crippen molar-refractivity contribution in [1.82, 2.24) is 9.97 Å². The number of halogens is 3. The Morgan fingerprint density at radius 1 is 1.20 bits per heavy atom. The van der Waals surface area contributed by atoms with Crippen LogP contribution >= 0.6 is 12.2 Å². The molecule has 20 heavy (non-hydrogen) atoms. The van der Waals surface area contributed by atoms with Crippen LogP contribution in [0.25, 0.3) is 11.3 Å². The number of anilines is 1. The summed E-state index contributed by atoms with van der Waals surface area (Å²) in [5, 5.41) is 0. The summed E-state index contributed by atoms with van der Waals surface area (Å²) < 4.78 is 39.8. The SMILES string of the molecule is FC(F)(F)N1C(=S)Cc2cncnc2-c2ccccc21. The van der Waals surface area contributed by atoms with E-state index in [0.29, 0.717) is 16.8 Å². The molecule has 0 unspecified atom stereocenters. The Labute approximate surface area is 118 Å². The smallest absolute Gasteiger partial charge is 0.246 e. The minimum Gasteiger partial charge on any atom is -0.246 e. The lowest BCUT2D eigenvalue weighted by atomic mass is 10.1. The van der Waals surface area contributed by atoms with Crippen molar-refractivity contribution in [1.29, 1.82) is 0 Å². The van der Waals surface area contributed by atoms with E-state index in [1.165, 1.54) is 18.6 Å². The molecule has 1 aliphatic heterocycles.